The number of amides is 1. The Labute approximate surface area is 171 Å². The van der Waals surface area contributed by atoms with Crippen molar-refractivity contribution < 1.29 is 22.7 Å². The van der Waals surface area contributed by atoms with Gasteiger partial charge in [0.1, 0.15) is 11.5 Å². The summed E-state index contributed by atoms with van der Waals surface area (Å²) < 4.78 is 37.8. The van der Waals surface area contributed by atoms with Crippen LogP contribution in [-0.2, 0) is 10.0 Å². The molecule has 0 bridgehead atoms. The fourth-order valence-electron chi connectivity index (χ4n) is 3.27. The maximum Gasteiger partial charge on any atom is 0.254 e. The zero-order chi connectivity index (χ0) is 21.2. The lowest BCUT2D eigenvalue weighted by Crippen LogP contribution is -2.50. The van der Waals surface area contributed by atoms with Crippen LogP contribution in [0.25, 0.3) is 0 Å². The van der Waals surface area contributed by atoms with Gasteiger partial charge in [-0.1, -0.05) is 6.07 Å². The molecule has 29 heavy (non-hydrogen) atoms. The number of rotatable bonds is 5. The first-order chi connectivity index (χ1) is 13.8. The molecule has 2 aromatic carbocycles. The number of sulfonamides is 1. The number of hydrogen-bond acceptors (Lipinski definition) is 5. The van der Waals surface area contributed by atoms with Crippen molar-refractivity contribution in [2.75, 3.05) is 40.4 Å². The summed E-state index contributed by atoms with van der Waals surface area (Å²) >= 11 is 0. The number of methoxy groups -OCH3 is 2. The van der Waals surface area contributed by atoms with Crippen molar-refractivity contribution in [3.63, 3.8) is 0 Å². The molecule has 3 rings (SSSR count). The van der Waals surface area contributed by atoms with Crippen LogP contribution >= 0.6 is 0 Å². The molecule has 1 saturated heterocycles. The maximum atomic E-state index is 13.0. The van der Waals surface area contributed by atoms with E-state index in [1.165, 1.54) is 18.5 Å². The monoisotopic (exact) mass is 418 g/mol. The van der Waals surface area contributed by atoms with Gasteiger partial charge in [-0.15, -0.1) is 0 Å². The Morgan fingerprint density at radius 2 is 1.45 bits per heavy atom. The van der Waals surface area contributed by atoms with Crippen LogP contribution in [0.1, 0.15) is 21.5 Å². The second kappa shape index (κ2) is 8.42. The Balaban J connectivity index is 1.73. The highest BCUT2D eigenvalue weighted by Gasteiger charge is 2.30. The fraction of sp³-hybridized carbons (Fsp3) is 0.381. The van der Waals surface area contributed by atoms with Crippen molar-refractivity contribution >= 4 is 15.9 Å². The van der Waals surface area contributed by atoms with E-state index in [0.29, 0.717) is 30.2 Å². The lowest BCUT2D eigenvalue weighted by atomic mass is 10.1. The van der Waals surface area contributed by atoms with Crippen LogP contribution in [0.2, 0.25) is 0 Å². The minimum atomic E-state index is -3.58. The highest BCUT2D eigenvalue weighted by molar-refractivity contribution is 7.89. The third-order valence-corrected chi connectivity index (χ3v) is 7.14. The molecule has 0 spiro atoms. The normalized spacial score (nSPS) is 15.2. The summed E-state index contributed by atoms with van der Waals surface area (Å²) in [7, 11) is -0.527. The van der Waals surface area contributed by atoms with Gasteiger partial charge in [-0.05, 0) is 49.2 Å². The van der Waals surface area contributed by atoms with Crippen LogP contribution in [-0.4, -0.2) is 63.9 Å². The Kier molecular flexibility index (Phi) is 6.14. The number of ether oxygens (including phenoxy) is 2. The van der Waals surface area contributed by atoms with E-state index in [9.17, 15) is 13.2 Å². The van der Waals surface area contributed by atoms with Gasteiger partial charge < -0.3 is 14.4 Å². The van der Waals surface area contributed by atoms with E-state index >= 15 is 0 Å². The average Bonchev–Trinajstić information content (AvgIpc) is 2.74. The summed E-state index contributed by atoms with van der Waals surface area (Å²) in [5, 5.41) is 0. The van der Waals surface area contributed by atoms with Gasteiger partial charge in [0, 0.05) is 37.8 Å². The van der Waals surface area contributed by atoms with Crippen LogP contribution in [0.4, 0.5) is 0 Å². The number of hydrogen-bond donors (Lipinski definition) is 0. The van der Waals surface area contributed by atoms with Gasteiger partial charge in [0.15, 0.2) is 0 Å². The first kappa shape index (κ1) is 21.1. The second-order valence-electron chi connectivity index (χ2n) is 7.04. The molecule has 0 radical (unpaired) electrons. The zero-order valence-corrected chi connectivity index (χ0v) is 18.0. The number of carbonyl (C=O) groups excluding carboxylic acids is 1. The molecule has 8 heteroatoms. The minimum Gasteiger partial charge on any atom is -0.497 e. The first-order valence-electron chi connectivity index (χ1n) is 9.36. The van der Waals surface area contributed by atoms with Gasteiger partial charge in [0.05, 0.1) is 19.1 Å². The van der Waals surface area contributed by atoms with E-state index in [2.05, 4.69) is 0 Å². The quantitative estimate of drug-likeness (QED) is 0.746. The molecule has 1 fully saturated rings. The molecule has 0 aromatic heterocycles. The molecule has 156 valence electrons. The third-order valence-electron chi connectivity index (χ3n) is 5.24. The largest absolute Gasteiger partial charge is 0.497 e. The first-order valence-corrected chi connectivity index (χ1v) is 10.8. The van der Waals surface area contributed by atoms with E-state index in [0.717, 1.165) is 11.1 Å². The standard InChI is InChI=1S/C21H26N2O5S/c1-15-5-6-20(11-16(15)2)29(25,26)23-9-7-22(8-10-23)21(24)17-12-18(27-3)14-19(13-17)28-4/h5-6,11-14H,7-10H2,1-4H3. The third kappa shape index (κ3) is 4.38. The summed E-state index contributed by atoms with van der Waals surface area (Å²) in [5.74, 6) is 0.887. The van der Waals surface area contributed by atoms with Crippen LogP contribution < -0.4 is 9.47 Å². The molecule has 1 amide bonds. The molecule has 1 aliphatic rings. The topological polar surface area (TPSA) is 76.2 Å². The number of benzene rings is 2. The number of aryl methyl sites for hydroxylation is 2. The zero-order valence-electron chi connectivity index (χ0n) is 17.1. The molecule has 1 heterocycles. The van der Waals surface area contributed by atoms with Gasteiger partial charge >= 0.3 is 0 Å². The molecule has 0 saturated carbocycles. The molecule has 0 N–H and O–H groups in total. The smallest absolute Gasteiger partial charge is 0.254 e. The molecule has 2 aromatic rings. The molecule has 7 nitrogen and oxygen atoms in total. The molecular formula is C21H26N2O5S. The van der Waals surface area contributed by atoms with Gasteiger partial charge in [0.2, 0.25) is 10.0 Å². The Hall–Kier alpha value is -2.58. The van der Waals surface area contributed by atoms with Crippen molar-refractivity contribution in [1.29, 1.82) is 0 Å². The second-order valence-corrected chi connectivity index (χ2v) is 8.98. The predicted octanol–water partition coefficient (Wildman–Crippen LogP) is 2.47. The van der Waals surface area contributed by atoms with Crippen molar-refractivity contribution in [1.82, 2.24) is 9.21 Å². The van der Waals surface area contributed by atoms with Gasteiger partial charge in [-0.2, -0.15) is 4.31 Å². The summed E-state index contributed by atoms with van der Waals surface area (Å²) in [6.45, 7) is 4.99. The SMILES string of the molecule is COc1cc(OC)cc(C(=O)N2CCN(S(=O)(=O)c3ccc(C)c(C)c3)CC2)c1. The Bertz CT molecular complexity index is 989. The summed E-state index contributed by atoms with van der Waals surface area (Å²) in [6, 6.07) is 10.2. The number of piperazine rings is 1. The average molecular weight is 419 g/mol. The number of carbonyl (C=O) groups is 1. The Morgan fingerprint density at radius 3 is 1.97 bits per heavy atom. The van der Waals surface area contributed by atoms with Crippen LogP contribution in [0.15, 0.2) is 41.3 Å². The van der Waals surface area contributed by atoms with Crippen LogP contribution in [0, 0.1) is 13.8 Å². The van der Waals surface area contributed by atoms with Crippen LogP contribution in [0.3, 0.4) is 0 Å². The molecular weight excluding hydrogens is 392 g/mol. The van der Waals surface area contributed by atoms with E-state index in [-0.39, 0.29) is 23.9 Å². The predicted molar refractivity (Wildman–Crippen MR) is 110 cm³/mol. The van der Waals surface area contributed by atoms with Crippen molar-refractivity contribution in [2.45, 2.75) is 18.7 Å². The number of nitrogens with zero attached hydrogens (tertiary/aromatic N) is 2. The highest BCUT2D eigenvalue weighted by atomic mass is 32.2. The van der Waals surface area contributed by atoms with Gasteiger partial charge in [-0.3, -0.25) is 4.79 Å². The van der Waals surface area contributed by atoms with E-state index in [4.69, 9.17) is 9.47 Å². The van der Waals surface area contributed by atoms with Crippen molar-refractivity contribution in [2.24, 2.45) is 0 Å². The van der Waals surface area contributed by atoms with Gasteiger partial charge in [0.25, 0.3) is 5.91 Å². The minimum absolute atomic E-state index is 0.176. The molecule has 0 aliphatic carbocycles. The molecule has 0 unspecified atom stereocenters. The Morgan fingerprint density at radius 1 is 0.862 bits per heavy atom. The fourth-order valence-corrected chi connectivity index (χ4v) is 4.78. The summed E-state index contributed by atoms with van der Waals surface area (Å²) in [5.41, 5.74) is 2.44. The van der Waals surface area contributed by atoms with Crippen molar-refractivity contribution in [3.8, 4) is 11.5 Å². The summed E-state index contributed by atoms with van der Waals surface area (Å²) in [6.07, 6.45) is 0. The van der Waals surface area contributed by atoms with E-state index < -0.39 is 10.0 Å². The lowest BCUT2D eigenvalue weighted by molar-refractivity contribution is 0.0697. The summed E-state index contributed by atoms with van der Waals surface area (Å²) in [4.78, 5) is 14.8. The van der Waals surface area contributed by atoms with Crippen LogP contribution in [0.5, 0.6) is 11.5 Å². The maximum absolute atomic E-state index is 13.0. The van der Waals surface area contributed by atoms with Crippen molar-refractivity contribution in [3.05, 3.63) is 53.1 Å². The molecule has 0 atom stereocenters. The molecule has 1 aliphatic heterocycles. The van der Waals surface area contributed by atoms with E-state index in [1.54, 1.807) is 35.2 Å². The lowest BCUT2D eigenvalue weighted by Gasteiger charge is -2.34. The van der Waals surface area contributed by atoms with E-state index in [1.807, 2.05) is 19.9 Å². The highest BCUT2D eigenvalue weighted by Crippen LogP contribution is 2.25. The van der Waals surface area contributed by atoms with Gasteiger partial charge in [-0.25, -0.2) is 8.42 Å².